The molecule has 2 aromatic rings. The molecule has 2 aromatic heterocycles. The molecule has 0 spiro atoms. The van der Waals surface area contributed by atoms with E-state index >= 15 is 0 Å². The van der Waals surface area contributed by atoms with Gasteiger partial charge >= 0.3 is 0 Å². The predicted molar refractivity (Wildman–Crippen MR) is 41.5 cm³/mol. The Morgan fingerprint density at radius 3 is 3.08 bits per heavy atom. The Kier molecular flexibility index (Phi) is 1.30. The normalized spacial score (nSPS) is 10.3. The Labute approximate surface area is 67.8 Å². The second-order valence-corrected chi connectivity index (χ2v) is 2.31. The largest absolute Gasteiger partial charge is 0.364 e. The first-order valence-corrected chi connectivity index (χ1v) is 3.37. The monoisotopic (exact) mass is 162 g/mol. The molecule has 2 rings (SSSR count). The summed E-state index contributed by atoms with van der Waals surface area (Å²) in [6.45, 7) is 0. The molecular weight excluding hydrogens is 156 g/mol. The summed E-state index contributed by atoms with van der Waals surface area (Å²) < 4.78 is 1.50. The highest BCUT2D eigenvalue weighted by molar-refractivity contribution is 5.90. The number of nitrogens with zero attached hydrogens (tertiary/aromatic N) is 3. The molecule has 0 unspecified atom stereocenters. The number of carbonyl (C=O) groups is 1. The van der Waals surface area contributed by atoms with Gasteiger partial charge in [-0.1, -0.05) is 0 Å². The van der Waals surface area contributed by atoms with Crippen LogP contribution in [0.2, 0.25) is 0 Å². The van der Waals surface area contributed by atoms with E-state index in [-0.39, 0.29) is 5.69 Å². The van der Waals surface area contributed by atoms with Gasteiger partial charge in [-0.05, 0) is 12.1 Å². The van der Waals surface area contributed by atoms with Crippen LogP contribution < -0.4 is 5.73 Å². The van der Waals surface area contributed by atoms with Crippen molar-refractivity contribution in [3.63, 3.8) is 0 Å². The van der Waals surface area contributed by atoms with Crippen LogP contribution in [0, 0.1) is 0 Å². The van der Waals surface area contributed by atoms with Crippen molar-refractivity contribution in [2.24, 2.45) is 5.73 Å². The standard InChI is InChI=1S/C7H6N4O/c8-7(12)5-1-2-6-9-3-4-11(6)10-5/h1-4H,(H2,8,12). The van der Waals surface area contributed by atoms with Gasteiger partial charge in [0.15, 0.2) is 5.65 Å². The van der Waals surface area contributed by atoms with Crippen LogP contribution in [0.3, 0.4) is 0 Å². The highest BCUT2D eigenvalue weighted by Crippen LogP contribution is 1.99. The second-order valence-electron chi connectivity index (χ2n) is 2.31. The van der Waals surface area contributed by atoms with Gasteiger partial charge in [0, 0.05) is 12.4 Å². The average Bonchev–Trinajstić information content (AvgIpc) is 2.49. The third-order valence-corrected chi connectivity index (χ3v) is 1.51. The molecule has 0 aliphatic heterocycles. The van der Waals surface area contributed by atoms with Gasteiger partial charge in [0.05, 0.1) is 0 Å². The topological polar surface area (TPSA) is 73.3 Å². The Balaban J connectivity index is 2.68. The molecule has 0 radical (unpaired) electrons. The summed E-state index contributed by atoms with van der Waals surface area (Å²) in [4.78, 5) is 14.7. The molecule has 0 atom stereocenters. The first kappa shape index (κ1) is 6.78. The van der Waals surface area contributed by atoms with Gasteiger partial charge in [-0.15, -0.1) is 0 Å². The van der Waals surface area contributed by atoms with Crippen LogP contribution >= 0.6 is 0 Å². The lowest BCUT2D eigenvalue weighted by Gasteiger charge is -1.94. The van der Waals surface area contributed by atoms with E-state index in [0.29, 0.717) is 5.65 Å². The number of amides is 1. The molecule has 0 aromatic carbocycles. The smallest absolute Gasteiger partial charge is 0.269 e. The van der Waals surface area contributed by atoms with E-state index < -0.39 is 5.91 Å². The minimum atomic E-state index is -0.536. The number of hydrogen-bond donors (Lipinski definition) is 1. The van der Waals surface area contributed by atoms with E-state index in [0.717, 1.165) is 0 Å². The molecule has 2 N–H and O–H groups in total. The lowest BCUT2D eigenvalue weighted by atomic mass is 10.4. The van der Waals surface area contributed by atoms with Crippen LogP contribution in [0.4, 0.5) is 0 Å². The van der Waals surface area contributed by atoms with E-state index in [9.17, 15) is 4.79 Å². The maximum Gasteiger partial charge on any atom is 0.269 e. The zero-order chi connectivity index (χ0) is 8.55. The molecular formula is C7H6N4O. The summed E-state index contributed by atoms with van der Waals surface area (Å²) in [6.07, 6.45) is 3.26. The molecule has 0 saturated heterocycles. The minimum absolute atomic E-state index is 0.237. The highest BCUT2D eigenvalue weighted by atomic mass is 16.1. The number of hydrogen-bond acceptors (Lipinski definition) is 3. The first-order valence-electron chi connectivity index (χ1n) is 3.37. The Morgan fingerprint density at radius 2 is 2.33 bits per heavy atom. The fourth-order valence-corrected chi connectivity index (χ4v) is 0.947. The molecule has 2 heterocycles. The number of aromatic nitrogens is 3. The molecule has 0 aliphatic rings. The zero-order valence-electron chi connectivity index (χ0n) is 6.14. The fraction of sp³-hybridized carbons (Fsp3) is 0. The lowest BCUT2D eigenvalue weighted by molar-refractivity contribution is 0.0994. The highest BCUT2D eigenvalue weighted by Gasteiger charge is 2.02. The zero-order valence-corrected chi connectivity index (χ0v) is 6.14. The Bertz CT molecular complexity index is 434. The maximum atomic E-state index is 10.7. The van der Waals surface area contributed by atoms with Crippen molar-refractivity contribution in [3.05, 3.63) is 30.2 Å². The second kappa shape index (κ2) is 2.30. The van der Waals surface area contributed by atoms with Gasteiger partial charge in [-0.3, -0.25) is 4.79 Å². The molecule has 0 fully saturated rings. The van der Waals surface area contributed by atoms with Crippen LogP contribution in [-0.2, 0) is 0 Å². The van der Waals surface area contributed by atoms with Gasteiger partial charge in [-0.2, -0.15) is 5.10 Å². The summed E-state index contributed by atoms with van der Waals surface area (Å²) in [6, 6.07) is 3.23. The van der Waals surface area contributed by atoms with Crippen LogP contribution in [0.5, 0.6) is 0 Å². The van der Waals surface area contributed by atoms with Crippen molar-refractivity contribution >= 4 is 11.6 Å². The van der Waals surface area contributed by atoms with Crippen molar-refractivity contribution < 1.29 is 4.79 Å². The molecule has 12 heavy (non-hydrogen) atoms. The Hall–Kier alpha value is -1.91. The van der Waals surface area contributed by atoms with E-state index in [1.54, 1.807) is 24.5 Å². The summed E-state index contributed by atoms with van der Waals surface area (Å²) in [5, 5.41) is 3.91. The van der Waals surface area contributed by atoms with Crippen LogP contribution in [0.15, 0.2) is 24.5 Å². The molecule has 60 valence electrons. The van der Waals surface area contributed by atoms with Gasteiger partial charge in [0.25, 0.3) is 5.91 Å². The number of nitrogens with two attached hydrogens (primary N) is 1. The van der Waals surface area contributed by atoms with Crippen LogP contribution in [0.1, 0.15) is 10.5 Å². The van der Waals surface area contributed by atoms with Gasteiger partial charge < -0.3 is 5.73 Å². The number of rotatable bonds is 1. The van der Waals surface area contributed by atoms with E-state index in [1.165, 1.54) is 4.52 Å². The first-order chi connectivity index (χ1) is 5.77. The summed E-state index contributed by atoms with van der Waals surface area (Å²) >= 11 is 0. The molecule has 0 bridgehead atoms. The van der Waals surface area contributed by atoms with Crippen molar-refractivity contribution in [3.8, 4) is 0 Å². The van der Waals surface area contributed by atoms with Gasteiger partial charge in [0.1, 0.15) is 5.69 Å². The fourth-order valence-electron chi connectivity index (χ4n) is 0.947. The van der Waals surface area contributed by atoms with Crippen molar-refractivity contribution in [2.75, 3.05) is 0 Å². The molecule has 1 amide bonds. The van der Waals surface area contributed by atoms with Gasteiger partial charge in [-0.25, -0.2) is 9.50 Å². The third-order valence-electron chi connectivity index (χ3n) is 1.51. The average molecular weight is 162 g/mol. The van der Waals surface area contributed by atoms with E-state index in [1.807, 2.05) is 0 Å². The number of fused-ring (bicyclic) bond motifs is 1. The molecule has 0 saturated carbocycles. The number of carbonyl (C=O) groups excluding carboxylic acids is 1. The third kappa shape index (κ3) is 0.914. The molecule has 5 nitrogen and oxygen atoms in total. The minimum Gasteiger partial charge on any atom is -0.364 e. The number of imidazole rings is 1. The molecule has 0 aliphatic carbocycles. The van der Waals surface area contributed by atoms with Crippen LogP contribution in [0.25, 0.3) is 5.65 Å². The maximum absolute atomic E-state index is 10.7. The van der Waals surface area contributed by atoms with Crippen LogP contribution in [-0.4, -0.2) is 20.5 Å². The quantitative estimate of drug-likeness (QED) is 0.632. The molecule has 5 heteroatoms. The summed E-state index contributed by atoms with van der Waals surface area (Å²) in [7, 11) is 0. The van der Waals surface area contributed by atoms with Gasteiger partial charge in [0.2, 0.25) is 0 Å². The lowest BCUT2D eigenvalue weighted by Crippen LogP contribution is -2.14. The summed E-state index contributed by atoms with van der Waals surface area (Å²) in [5.74, 6) is -0.536. The SMILES string of the molecule is NC(=O)c1ccc2nccn2n1. The number of primary amides is 1. The summed E-state index contributed by atoms with van der Waals surface area (Å²) in [5.41, 5.74) is 5.97. The predicted octanol–water partition coefficient (Wildman–Crippen LogP) is -0.172. The van der Waals surface area contributed by atoms with Crippen molar-refractivity contribution in [1.29, 1.82) is 0 Å². The van der Waals surface area contributed by atoms with E-state index in [4.69, 9.17) is 5.73 Å². The Morgan fingerprint density at radius 1 is 1.50 bits per heavy atom. The van der Waals surface area contributed by atoms with Crippen molar-refractivity contribution in [1.82, 2.24) is 14.6 Å². The van der Waals surface area contributed by atoms with E-state index in [2.05, 4.69) is 10.1 Å². The van der Waals surface area contributed by atoms with Crippen molar-refractivity contribution in [2.45, 2.75) is 0 Å².